The van der Waals surface area contributed by atoms with E-state index in [0.29, 0.717) is 22.6 Å². The number of carbonyl (C=O) groups is 1. The maximum atomic E-state index is 11.7. The first-order valence-corrected chi connectivity index (χ1v) is 7.72. The van der Waals surface area contributed by atoms with Crippen LogP contribution in [0.1, 0.15) is 11.1 Å². The third kappa shape index (κ3) is 6.20. The number of phenolic OH excluding ortho intramolecular Hbond substituents is 1. The average molecular weight is 374 g/mol. The van der Waals surface area contributed by atoms with Gasteiger partial charge in [-0.1, -0.05) is 4.86 Å². The van der Waals surface area contributed by atoms with Crippen molar-refractivity contribution in [2.24, 2.45) is 10.4 Å². The molecule has 0 saturated carbocycles. The number of hydrazone groups is 1. The molecule has 142 valence electrons. The van der Waals surface area contributed by atoms with Crippen LogP contribution in [0, 0.1) is 5.21 Å². The Morgan fingerprint density at radius 1 is 1.26 bits per heavy atom. The lowest BCUT2D eigenvalue weighted by Gasteiger charge is -2.06. The number of phenols is 1. The van der Waals surface area contributed by atoms with Crippen LogP contribution in [0.4, 0.5) is 0 Å². The van der Waals surface area contributed by atoms with Crippen LogP contribution in [-0.4, -0.2) is 41.0 Å². The summed E-state index contributed by atoms with van der Waals surface area (Å²) in [4.78, 5) is 11.8. The number of nitrogens with one attached hydrogen (secondary N) is 1. The Balaban J connectivity index is 1.80. The number of amides is 1. The van der Waals surface area contributed by atoms with Crippen LogP contribution in [0.3, 0.4) is 0 Å². The van der Waals surface area contributed by atoms with E-state index in [1.807, 2.05) is 0 Å². The first-order valence-electron chi connectivity index (χ1n) is 7.72. The first kappa shape index (κ1) is 19.5. The number of hydrogen-bond donors (Lipinski definition) is 3. The van der Waals surface area contributed by atoms with E-state index in [0.717, 1.165) is 0 Å². The molecule has 2 aromatic rings. The normalized spacial score (nSPS) is 11.4. The second-order valence-electron chi connectivity index (χ2n) is 5.25. The molecule has 0 aliphatic carbocycles. The summed E-state index contributed by atoms with van der Waals surface area (Å²) < 4.78 is 10.3. The Hall–Kier alpha value is -3.82. The second-order valence-corrected chi connectivity index (χ2v) is 5.25. The van der Waals surface area contributed by atoms with Crippen molar-refractivity contribution in [3.05, 3.63) is 58.8 Å². The van der Waals surface area contributed by atoms with Crippen molar-refractivity contribution in [2.45, 2.75) is 6.54 Å². The van der Waals surface area contributed by atoms with Crippen LogP contribution < -0.4 is 14.9 Å². The predicted molar refractivity (Wildman–Crippen MR) is 93.9 cm³/mol. The molecule has 0 aromatic heterocycles. The minimum atomic E-state index is -0.492. The van der Waals surface area contributed by atoms with Crippen molar-refractivity contribution in [3.8, 4) is 17.2 Å². The largest absolute Gasteiger partial charge is 0.597 e. The summed E-state index contributed by atoms with van der Waals surface area (Å²) in [6, 6.07) is 11.0. The Morgan fingerprint density at radius 2 is 1.96 bits per heavy atom. The van der Waals surface area contributed by atoms with Gasteiger partial charge in [0.25, 0.3) is 5.91 Å². The molecular weight excluding hydrogens is 356 g/mol. The molecule has 2 aromatic carbocycles. The number of ether oxygens (including phenoxy) is 2. The molecule has 3 N–H and O–H groups in total. The Bertz CT molecular complexity index is 836. The number of nitrogens with zero attached hydrogens (tertiary/aromatic N) is 3. The highest BCUT2D eigenvalue weighted by molar-refractivity contribution is 5.85. The molecule has 0 heterocycles. The molecule has 27 heavy (non-hydrogen) atoms. The van der Waals surface area contributed by atoms with Gasteiger partial charge in [0.05, 0.1) is 13.3 Å². The summed E-state index contributed by atoms with van der Waals surface area (Å²) in [7, 11) is 1.49. The van der Waals surface area contributed by atoms with Crippen molar-refractivity contribution in [3.63, 3.8) is 0 Å². The highest BCUT2D eigenvalue weighted by atomic mass is 16.6. The Morgan fingerprint density at radius 3 is 2.59 bits per heavy atom. The van der Waals surface area contributed by atoms with Gasteiger partial charge in [-0.3, -0.25) is 4.79 Å². The number of aromatic hydroxyl groups is 1. The molecule has 10 nitrogen and oxygen atoms in total. The van der Waals surface area contributed by atoms with E-state index < -0.39 is 5.91 Å². The van der Waals surface area contributed by atoms with Gasteiger partial charge >= 0.3 is 0 Å². The van der Waals surface area contributed by atoms with Gasteiger partial charge in [-0.15, -0.1) is 0 Å². The molecule has 0 aliphatic rings. The topological polar surface area (TPSA) is 139 Å². The van der Waals surface area contributed by atoms with Gasteiger partial charge in [0.1, 0.15) is 17.2 Å². The van der Waals surface area contributed by atoms with Gasteiger partial charge < -0.3 is 25.0 Å². The lowest BCUT2D eigenvalue weighted by atomic mass is 10.2. The van der Waals surface area contributed by atoms with Gasteiger partial charge in [0.15, 0.2) is 11.9 Å². The van der Waals surface area contributed by atoms with E-state index in [2.05, 4.69) is 15.8 Å². The van der Waals surface area contributed by atoms with Crippen molar-refractivity contribution in [1.29, 1.82) is 0 Å². The lowest BCUT2D eigenvalue weighted by Crippen LogP contribution is -2.24. The number of methoxy groups -OCH3 is 1. The van der Waals surface area contributed by atoms with Crippen LogP contribution >= 0.6 is 0 Å². The zero-order chi connectivity index (χ0) is 19.6. The minimum Gasteiger partial charge on any atom is -0.597 e. The summed E-state index contributed by atoms with van der Waals surface area (Å²) in [5.74, 6) is 0.397. The summed E-state index contributed by atoms with van der Waals surface area (Å²) in [5.41, 5.74) is 3.30. The third-order valence-corrected chi connectivity index (χ3v) is 3.34. The number of carbonyl (C=O) groups excluding carboxylic acids is 1. The zero-order valence-corrected chi connectivity index (χ0v) is 14.4. The SMILES string of the molecule is COc1ccc(/C=N/NC(=O)COc2ccc(C[N+]([O-])=NO)cc2)c(O)c1. The molecule has 0 aliphatic heterocycles. The van der Waals surface area contributed by atoms with Crippen LogP contribution in [0.2, 0.25) is 0 Å². The monoisotopic (exact) mass is 374 g/mol. The highest BCUT2D eigenvalue weighted by Gasteiger charge is 2.05. The van der Waals surface area contributed by atoms with Crippen LogP contribution in [0.5, 0.6) is 17.2 Å². The molecule has 2 rings (SSSR count). The van der Waals surface area contributed by atoms with E-state index in [1.165, 1.54) is 19.4 Å². The Kier molecular flexibility index (Phi) is 6.94. The zero-order valence-electron chi connectivity index (χ0n) is 14.4. The van der Waals surface area contributed by atoms with Gasteiger partial charge in [0, 0.05) is 17.2 Å². The third-order valence-electron chi connectivity index (χ3n) is 3.34. The van der Waals surface area contributed by atoms with Gasteiger partial charge in [-0.2, -0.15) is 5.10 Å². The quantitative estimate of drug-likeness (QED) is 0.279. The van der Waals surface area contributed by atoms with Crippen molar-refractivity contribution in [1.82, 2.24) is 5.43 Å². The van der Waals surface area contributed by atoms with Crippen molar-refractivity contribution in [2.75, 3.05) is 13.7 Å². The summed E-state index contributed by atoms with van der Waals surface area (Å²) in [6.45, 7) is -0.380. The summed E-state index contributed by atoms with van der Waals surface area (Å²) in [6.07, 6.45) is 1.29. The fourth-order valence-electron chi connectivity index (χ4n) is 1.99. The van der Waals surface area contributed by atoms with Crippen LogP contribution in [0.15, 0.2) is 52.8 Å². The van der Waals surface area contributed by atoms with Crippen molar-refractivity contribution >= 4 is 12.1 Å². The standard InChI is InChI=1S/C17H18N4O6/c1-26-15-7-4-13(16(22)8-15)9-18-19-17(23)11-27-14-5-2-12(3-6-14)10-21(25)20-24/h2-9,22,24H,10-11H2,1H3,(H,19,23)/b18-9+,21-20?. The van der Waals surface area contributed by atoms with Crippen molar-refractivity contribution < 1.29 is 29.4 Å². The predicted octanol–water partition coefficient (Wildman–Crippen LogP) is 1.78. The molecular formula is C17H18N4O6. The van der Waals surface area contributed by atoms with Gasteiger partial charge in [-0.05, 0) is 36.4 Å². The fourth-order valence-corrected chi connectivity index (χ4v) is 1.99. The fraction of sp³-hybridized carbons (Fsp3) is 0.176. The first-order chi connectivity index (χ1) is 13.0. The second kappa shape index (κ2) is 9.61. The van der Waals surface area contributed by atoms with Crippen LogP contribution in [0.25, 0.3) is 0 Å². The molecule has 0 unspecified atom stereocenters. The minimum absolute atomic E-state index is 0.0330. The van der Waals surface area contributed by atoms with E-state index in [1.54, 1.807) is 36.4 Å². The summed E-state index contributed by atoms with van der Waals surface area (Å²) in [5, 5.41) is 35.3. The number of hydroxylamine groups is 1. The maximum absolute atomic E-state index is 11.7. The number of rotatable bonds is 8. The molecule has 1 amide bonds. The van der Waals surface area contributed by atoms with Gasteiger partial charge in [0.2, 0.25) is 6.54 Å². The van der Waals surface area contributed by atoms with Crippen LogP contribution in [-0.2, 0) is 11.3 Å². The lowest BCUT2D eigenvalue weighted by molar-refractivity contribution is -0.570. The van der Waals surface area contributed by atoms with E-state index >= 15 is 0 Å². The number of benzene rings is 2. The molecule has 0 bridgehead atoms. The Labute approximate surface area is 154 Å². The molecule has 0 atom stereocenters. The van der Waals surface area contributed by atoms with E-state index in [-0.39, 0.29) is 23.8 Å². The van der Waals surface area contributed by atoms with E-state index in [9.17, 15) is 15.1 Å². The molecule has 0 saturated heterocycles. The number of hydrogen-bond acceptors (Lipinski definition) is 7. The average Bonchev–Trinajstić information content (AvgIpc) is 2.68. The highest BCUT2D eigenvalue weighted by Crippen LogP contribution is 2.21. The molecule has 10 heteroatoms. The van der Waals surface area contributed by atoms with Gasteiger partial charge in [-0.25, -0.2) is 5.43 Å². The molecule has 0 radical (unpaired) electrons. The maximum Gasteiger partial charge on any atom is 0.277 e. The smallest absolute Gasteiger partial charge is 0.277 e. The molecule has 0 fully saturated rings. The van der Waals surface area contributed by atoms with E-state index in [4.69, 9.17) is 14.7 Å². The molecule has 0 spiro atoms. The summed E-state index contributed by atoms with van der Waals surface area (Å²) >= 11 is 0.